The lowest BCUT2D eigenvalue weighted by Gasteiger charge is -2.42. The van der Waals surface area contributed by atoms with Crippen molar-refractivity contribution in [2.45, 2.75) is 24.4 Å². The number of piperidine rings is 1. The molecule has 31 heavy (non-hydrogen) atoms. The van der Waals surface area contributed by atoms with E-state index in [1.54, 1.807) is 4.90 Å². The standard InChI is InChI=1S/C20H20ClF3N6O/c21-15-10-16(30-11-14(20(22,23)24)27-18(30)28-15)26-12-19(13-4-2-1-3-5-13)6-8-29(9-7-19)17(25)31/h1-5,10-11,26H,6-9,12H2,(H2,25,31). The summed E-state index contributed by atoms with van der Waals surface area (Å²) >= 11 is 6.03. The van der Waals surface area contributed by atoms with Crippen LogP contribution in [0.25, 0.3) is 5.78 Å². The largest absolute Gasteiger partial charge is 0.434 e. The topological polar surface area (TPSA) is 88.5 Å². The number of nitrogens with zero attached hydrogens (tertiary/aromatic N) is 4. The molecule has 1 aromatic carbocycles. The number of halogens is 4. The fourth-order valence-electron chi connectivity index (χ4n) is 3.98. The fourth-order valence-corrected chi connectivity index (χ4v) is 4.16. The Morgan fingerprint density at radius 1 is 1.19 bits per heavy atom. The van der Waals surface area contributed by atoms with Crippen molar-refractivity contribution in [2.75, 3.05) is 25.0 Å². The van der Waals surface area contributed by atoms with Crippen LogP contribution in [0.1, 0.15) is 24.1 Å². The van der Waals surface area contributed by atoms with Gasteiger partial charge in [0.1, 0.15) is 11.0 Å². The van der Waals surface area contributed by atoms with Crippen LogP contribution in [-0.2, 0) is 11.6 Å². The lowest BCUT2D eigenvalue weighted by Crippen LogP contribution is -2.49. The molecule has 1 saturated heterocycles. The maximum absolute atomic E-state index is 13.1. The Morgan fingerprint density at radius 3 is 2.48 bits per heavy atom. The second-order valence-electron chi connectivity index (χ2n) is 7.58. The van der Waals surface area contributed by atoms with Crippen molar-refractivity contribution in [1.29, 1.82) is 0 Å². The molecule has 0 unspecified atom stereocenters. The number of nitrogens with two attached hydrogens (primary N) is 1. The molecule has 0 saturated carbocycles. The van der Waals surface area contributed by atoms with E-state index in [1.165, 1.54) is 10.5 Å². The minimum atomic E-state index is -4.59. The summed E-state index contributed by atoms with van der Waals surface area (Å²) in [6.45, 7) is 1.39. The number of rotatable bonds is 4. The number of nitrogens with one attached hydrogen (secondary N) is 1. The third-order valence-electron chi connectivity index (χ3n) is 5.73. The third-order valence-corrected chi connectivity index (χ3v) is 5.92. The molecule has 0 bridgehead atoms. The maximum atomic E-state index is 13.1. The van der Waals surface area contributed by atoms with Crippen molar-refractivity contribution in [3.05, 3.63) is 59.0 Å². The normalized spacial score (nSPS) is 16.5. The zero-order chi connectivity index (χ0) is 22.2. The number of anilines is 1. The molecule has 1 fully saturated rings. The molecule has 3 aromatic rings. The molecule has 1 aliphatic heterocycles. The molecule has 164 valence electrons. The van der Waals surface area contributed by atoms with E-state index in [2.05, 4.69) is 15.3 Å². The summed E-state index contributed by atoms with van der Waals surface area (Å²) in [5.41, 5.74) is 5.11. The summed E-state index contributed by atoms with van der Waals surface area (Å²) in [6.07, 6.45) is -2.41. The number of likely N-dealkylation sites (tertiary alicyclic amines) is 1. The van der Waals surface area contributed by atoms with E-state index in [0.29, 0.717) is 38.3 Å². The Hall–Kier alpha value is -3.01. The van der Waals surface area contributed by atoms with Crippen molar-refractivity contribution in [1.82, 2.24) is 19.3 Å². The van der Waals surface area contributed by atoms with Gasteiger partial charge >= 0.3 is 12.2 Å². The van der Waals surface area contributed by atoms with Gasteiger partial charge in [-0.2, -0.15) is 13.2 Å². The molecule has 2 amide bonds. The molecule has 4 rings (SSSR count). The van der Waals surface area contributed by atoms with E-state index in [9.17, 15) is 18.0 Å². The van der Waals surface area contributed by atoms with Crippen LogP contribution in [0.2, 0.25) is 5.15 Å². The summed E-state index contributed by atoms with van der Waals surface area (Å²) in [6, 6.07) is 10.8. The molecule has 1 aliphatic rings. The molecular weight excluding hydrogens is 433 g/mol. The van der Waals surface area contributed by atoms with Gasteiger partial charge < -0.3 is 16.0 Å². The highest BCUT2D eigenvalue weighted by molar-refractivity contribution is 6.29. The van der Waals surface area contributed by atoms with Crippen molar-refractivity contribution >= 4 is 29.2 Å². The van der Waals surface area contributed by atoms with Crippen molar-refractivity contribution in [3.8, 4) is 0 Å². The number of hydrogen-bond donors (Lipinski definition) is 2. The van der Waals surface area contributed by atoms with E-state index in [1.807, 2.05) is 30.3 Å². The Labute approximate surface area is 181 Å². The first-order valence-corrected chi connectivity index (χ1v) is 10.0. The predicted octanol–water partition coefficient (Wildman–Crippen LogP) is 3.93. The Bertz CT molecular complexity index is 1090. The lowest BCUT2D eigenvalue weighted by molar-refractivity contribution is -0.140. The van der Waals surface area contributed by atoms with Crippen LogP contribution in [0, 0.1) is 0 Å². The van der Waals surface area contributed by atoms with Crippen molar-refractivity contribution in [2.24, 2.45) is 5.73 Å². The molecule has 3 heterocycles. The number of carbonyl (C=O) groups excluding carboxylic acids is 1. The second kappa shape index (κ2) is 7.92. The van der Waals surface area contributed by atoms with Gasteiger partial charge in [-0.1, -0.05) is 41.9 Å². The number of primary amides is 1. The molecule has 0 aliphatic carbocycles. The molecule has 11 heteroatoms. The number of aromatic nitrogens is 3. The third kappa shape index (κ3) is 4.25. The smallest absolute Gasteiger partial charge is 0.370 e. The number of carbonyl (C=O) groups is 1. The number of alkyl halides is 3. The first-order valence-electron chi connectivity index (χ1n) is 9.65. The van der Waals surface area contributed by atoms with E-state index >= 15 is 0 Å². The average Bonchev–Trinajstić information content (AvgIpc) is 3.17. The van der Waals surface area contributed by atoms with Crippen LogP contribution < -0.4 is 11.1 Å². The van der Waals surface area contributed by atoms with Crippen molar-refractivity contribution in [3.63, 3.8) is 0 Å². The number of benzene rings is 1. The SMILES string of the molecule is NC(=O)N1CCC(CNc2cc(Cl)nc3nc(C(F)(F)F)cn23)(c2ccccc2)CC1. The molecule has 0 atom stereocenters. The summed E-state index contributed by atoms with van der Waals surface area (Å²) in [5.74, 6) is 0.213. The zero-order valence-corrected chi connectivity index (χ0v) is 17.1. The van der Waals surface area contributed by atoms with Gasteiger partial charge in [0, 0.05) is 37.3 Å². The predicted molar refractivity (Wildman–Crippen MR) is 110 cm³/mol. The second-order valence-corrected chi connectivity index (χ2v) is 7.97. The van der Waals surface area contributed by atoms with Gasteiger partial charge in [-0.25, -0.2) is 14.8 Å². The summed E-state index contributed by atoms with van der Waals surface area (Å²) in [7, 11) is 0. The highest BCUT2D eigenvalue weighted by Crippen LogP contribution is 2.36. The lowest BCUT2D eigenvalue weighted by atomic mass is 9.72. The van der Waals surface area contributed by atoms with Gasteiger partial charge in [0.2, 0.25) is 5.78 Å². The molecule has 2 aromatic heterocycles. The molecule has 0 spiro atoms. The number of amides is 2. The monoisotopic (exact) mass is 452 g/mol. The van der Waals surface area contributed by atoms with Gasteiger partial charge in [-0.15, -0.1) is 0 Å². The molecule has 0 radical (unpaired) electrons. The molecular formula is C20H20ClF3N6O. The number of hydrogen-bond acceptors (Lipinski definition) is 4. The Morgan fingerprint density at radius 2 is 1.87 bits per heavy atom. The quantitative estimate of drug-likeness (QED) is 0.587. The first kappa shape index (κ1) is 21.2. The van der Waals surface area contributed by atoms with E-state index in [-0.39, 0.29) is 16.3 Å². The highest BCUT2D eigenvalue weighted by atomic mass is 35.5. The van der Waals surface area contributed by atoms with E-state index in [4.69, 9.17) is 17.3 Å². The molecule has 3 N–H and O–H groups in total. The summed E-state index contributed by atoms with van der Waals surface area (Å²) in [5, 5.41) is 3.28. The highest BCUT2D eigenvalue weighted by Gasteiger charge is 2.38. The van der Waals surface area contributed by atoms with E-state index < -0.39 is 17.9 Å². The number of urea groups is 1. The van der Waals surface area contributed by atoms with Crippen LogP contribution in [0.3, 0.4) is 0 Å². The van der Waals surface area contributed by atoms with Crippen LogP contribution in [0.5, 0.6) is 0 Å². The molecule has 7 nitrogen and oxygen atoms in total. The summed E-state index contributed by atoms with van der Waals surface area (Å²) < 4.78 is 40.6. The zero-order valence-electron chi connectivity index (χ0n) is 16.4. The average molecular weight is 453 g/mol. The number of imidazole rings is 1. The minimum Gasteiger partial charge on any atom is -0.370 e. The van der Waals surface area contributed by atoms with Crippen LogP contribution in [0.4, 0.5) is 23.8 Å². The Balaban J connectivity index is 1.66. The Kier molecular flexibility index (Phi) is 5.42. The first-order chi connectivity index (χ1) is 14.7. The van der Waals surface area contributed by atoms with Gasteiger partial charge in [-0.05, 0) is 18.4 Å². The van der Waals surface area contributed by atoms with Gasteiger partial charge in [0.05, 0.1) is 0 Å². The van der Waals surface area contributed by atoms with Gasteiger partial charge in [-0.3, -0.25) is 4.40 Å². The van der Waals surface area contributed by atoms with Crippen LogP contribution in [0.15, 0.2) is 42.6 Å². The number of fused-ring (bicyclic) bond motifs is 1. The van der Waals surface area contributed by atoms with Crippen LogP contribution >= 0.6 is 11.6 Å². The van der Waals surface area contributed by atoms with Crippen LogP contribution in [-0.4, -0.2) is 44.9 Å². The van der Waals surface area contributed by atoms with Gasteiger partial charge in [0.15, 0.2) is 5.69 Å². The van der Waals surface area contributed by atoms with Gasteiger partial charge in [0.25, 0.3) is 0 Å². The minimum absolute atomic E-state index is 0.0339. The van der Waals surface area contributed by atoms with Crippen molar-refractivity contribution < 1.29 is 18.0 Å². The maximum Gasteiger partial charge on any atom is 0.434 e. The summed E-state index contributed by atoms with van der Waals surface area (Å²) in [4.78, 5) is 20.6. The fraction of sp³-hybridized carbons (Fsp3) is 0.350. The van der Waals surface area contributed by atoms with E-state index in [0.717, 1.165) is 11.8 Å².